The van der Waals surface area contributed by atoms with Gasteiger partial charge in [-0.05, 0) is 24.6 Å². The van der Waals surface area contributed by atoms with Crippen LogP contribution >= 0.6 is 0 Å². The van der Waals surface area contributed by atoms with Crippen molar-refractivity contribution in [1.82, 2.24) is 0 Å². The first-order valence-corrected chi connectivity index (χ1v) is 4.49. The van der Waals surface area contributed by atoms with Gasteiger partial charge in [0.25, 0.3) is 0 Å². The molecule has 78 valence electrons. The number of nitrogens with zero attached hydrogens (tertiary/aromatic N) is 1. The summed E-state index contributed by atoms with van der Waals surface area (Å²) in [6.45, 7) is 1.64. The Balaban J connectivity index is 3.11. The second-order valence-corrected chi connectivity index (χ2v) is 3.08. The molecule has 15 heavy (non-hydrogen) atoms. The van der Waals surface area contributed by atoms with Crippen LogP contribution in [0.4, 0.5) is 8.78 Å². The lowest BCUT2D eigenvalue weighted by Gasteiger charge is -2.05. The smallest absolute Gasteiger partial charge is 0.183 e. The highest BCUT2D eigenvalue weighted by atomic mass is 19.1. The van der Waals surface area contributed by atoms with Crippen LogP contribution in [0.2, 0.25) is 0 Å². The minimum atomic E-state index is -0.915. The molecule has 0 N–H and O–H groups in total. The summed E-state index contributed by atoms with van der Waals surface area (Å²) in [6, 6.07) is 4.39. The van der Waals surface area contributed by atoms with Gasteiger partial charge in [0.15, 0.2) is 5.78 Å². The summed E-state index contributed by atoms with van der Waals surface area (Å²) in [4.78, 5) is 11.6. The molecule has 0 spiro atoms. The Morgan fingerprint density at radius 1 is 1.53 bits per heavy atom. The quantitative estimate of drug-likeness (QED) is 0.718. The molecule has 1 aromatic carbocycles. The van der Waals surface area contributed by atoms with Crippen LogP contribution in [0, 0.1) is 28.9 Å². The Bertz CT molecular complexity index is 423. The van der Waals surface area contributed by atoms with E-state index in [1.807, 2.05) is 0 Å². The van der Waals surface area contributed by atoms with Gasteiger partial charge in [-0.15, -0.1) is 0 Å². The second-order valence-electron chi connectivity index (χ2n) is 3.08. The Kier molecular flexibility index (Phi) is 3.51. The first-order valence-electron chi connectivity index (χ1n) is 4.49. The van der Waals surface area contributed by atoms with Crippen LogP contribution < -0.4 is 0 Å². The molecule has 0 heterocycles. The molecule has 1 rings (SSSR count). The molecule has 1 atom stereocenters. The van der Waals surface area contributed by atoms with Gasteiger partial charge in [-0.2, -0.15) is 5.26 Å². The molecular weight excluding hydrogens is 200 g/mol. The van der Waals surface area contributed by atoms with Gasteiger partial charge in [0.05, 0.1) is 11.6 Å². The van der Waals surface area contributed by atoms with E-state index < -0.39 is 23.3 Å². The number of carbonyl (C=O) groups excluding carboxylic acids is 1. The van der Waals surface area contributed by atoms with Gasteiger partial charge in [-0.1, -0.05) is 6.92 Å². The van der Waals surface area contributed by atoms with Crippen LogP contribution in [0.15, 0.2) is 18.2 Å². The van der Waals surface area contributed by atoms with Crippen LogP contribution in [0.3, 0.4) is 0 Å². The Morgan fingerprint density at radius 3 is 2.73 bits per heavy atom. The van der Waals surface area contributed by atoms with Crippen molar-refractivity contribution in [3.63, 3.8) is 0 Å². The highest BCUT2D eigenvalue weighted by Crippen LogP contribution is 2.16. The summed E-state index contributed by atoms with van der Waals surface area (Å²) in [5.74, 6) is -3.07. The lowest BCUT2D eigenvalue weighted by molar-refractivity contribution is 0.0942. The number of benzene rings is 1. The summed E-state index contributed by atoms with van der Waals surface area (Å²) >= 11 is 0. The van der Waals surface area contributed by atoms with E-state index >= 15 is 0 Å². The molecule has 0 aliphatic carbocycles. The maximum absolute atomic E-state index is 13.2. The molecule has 0 radical (unpaired) electrons. The van der Waals surface area contributed by atoms with Crippen molar-refractivity contribution in [2.24, 2.45) is 5.92 Å². The third kappa shape index (κ3) is 2.38. The summed E-state index contributed by atoms with van der Waals surface area (Å²) in [6.07, 6.45) is 0.283. The van der Waals surface area contributed by atoms with E-state index in [4.69, 9.17) is 5.26 Å². The fourth-order valence-electron chi connectivity index (χ4n) is 1.21. The molecule has 4 heteroatoms. The van der Waals surface area contributed by atoms with E-state index in [0.29, 0.717) is 0 Å². The Labute approximate surface area is 86.1 Å². The molecule has 0 bridgehead atoms. The largest absolute Gasteiger partial charge is 0.293 e. The number of halogens is 2. The topological polar surface area (TPSA) is 40.9 Å². The fraction of sp³-hybridized carbons (Fsp3) is 0.273. The van der Waals surface area contributed by atoms with E-state index in [2.05, 4.69) is 0 Å². The Hall–Kier alpha value is -1.76. The van der Waals surface area contributed by atoms with Crippen molar-refractivity contribution in [1.29, 1.82) is 5.26 Å². The molecule has 2 nitrogen and oxygen atoms in total. The van der Waals surface area contributed by atoms with Gasteiger partial charge >= 0.3 is 0 Å². The SMILES string of the molecule is CCC(C#N)C(=O)c1cc(F)ccc1F. The van der Waals surface area contributed by atoms with Crippen LogP contribution in [0.1, 0.15) is 23.7 Å². The molecule has 0 aliphatic heterocycles. The summed E-state index contributed by atoms with van der Waals surface area (Å²) < 4.78 is 25.9. The predicted molar refractivity (Wildman–Crippen MR) is 50.1 cm³/mol. The van der Waals surface area contributed by atoms with Crippen molar-refractivity contribution >= 4 is 5.78 Å². The van der Waals surface area contributed by atoms with Crippen molar-refractivity contribution in [3.8, 4) is 6.07 Å². The van der Waals surface area contributed by atoms with E-state index in [9.17, 15) is 13.6 Å². The first kappa shape index (κ1) is 11.3. The maximum atomic E-state index is 13.2. The minimum Gasteiger partial charge on any atom is -0.293 e. The van der Waals surface area contributed by atoms with Crippen molar-refractivity contribution in [3.05, 3.63) is 35.4 Å². The molecule has 0 aromatic heterocycles. The monoisotopic (exact) mass is 209 g/mol. The number of rotatable bonds is 3. The van der Waals surface area contributed by atoms with E-state index in [1.54, 1.807) is 13.0 Å². The normalized spacial score (nSPS) is 11.9. The zero-order chi connectivity index (χ0) is 11.4. The van der Waals surface area contributed by atoms with Crippen LogP contribution in [-0.4, -0.2) is 5.78 Å². The molecule has 0 fully saturated rings. The summed E-state index contributed by atoms with van der Waals surface area (Å²) in [5.41, 5.74) is -0.358. The third-order valence-corrected chi connectivity index (χ3v) is 2.07. The van der Waals surface area contributed by atoms with Crippen molar-refractivity contribution in [2.75, 3.05) is 0 Å². The van der Waals surface area contributed by atoms with E-state index in [1.165, 1.54) is 0 Å². The molecule has 1 unspecified atom stereocenters. The van der Waals surface area contributed by atoms with Gasteiger partial charge in [-0.3, -0.25) is 4.79 Å². The lowest BCUT2D eigenvalue weighted by atomic mass is 9.96. The van der Waals surface area contributed by atoms with E-state index in [0.717, 1.165) is 18.2 Å². The molecular formula is C11H9F2NO. The van der Waals surface area contributed by atoms with Crippen molar-refractivity contribution in [2.45, 2.75) is 13.3 Å². The number of Topliss-reactive ketones (excluding diaryl/α,β-unsaturated/α-hetero) is 1. The van der Waals surface area contributed by atoms with Gasteiger partial charge in [0.2, 0.25) is 0 Å². The zero-order valence-electron chi connectivity index (χ0n) is 8.13. The summed E-state index contributed by atoms with van der Waals surface area (Å²) in [5, 5.41) is 8.63. The van der Waals surface area contributed by atoms with Gasteiger partial charge in [0, 0.05) is 0 Å². The average Bonchev–Trinajstić information content (AvgIpc) is 2.23. The van der Waals surface area contributed by atoms with Crippen LogP contribution in [0.5, 0.6) is 0 Å². The molecule has 0 saturated carbocycles. The molecule has 0 amide bonds. The first-order chi connectivity index (χ1) is 7.10. The van der Waals surface area contributed by atoms with E-state index in [-0.39, 0.29) is 12.0 Å². The standard InChI is InChI=1S/C11H9F2NO/c1-2-7(6-14)11(15)9-5-8(12)3-4-10(9)13/h3-5,7H,2H2,1H3. The van der Waals surface area contributed by atoms with Gasteiger partial charge < -0.3 is 0 Å². The fourth-order valence-corrected chi connectivity index (χ4v) is 1.21. The number of hydrogen-bond donors (Lipinski definition) is 0. The average molecular weight is 209 g/mol. The molecule has 1 aromatic rings. The third-order valence-electron chi connectivity index (χ3n) is 2.07. The number of carbonyl (C=O) groups is 1. The van der Waals surface area contributed by atoms with Crippen LogP contribution in [0.25, 0.3) is 0 Å². The highest BCUT2D eigenvalue weighted by molar-refractivity contribution is 5.99. The number of nitriles is 1. The summed E-state index contributed by atoms with van der Waals surface area (Å²) in [7, 11) is 0. The number of ketones is 1. The van der Waals surface area contributed by atoms with Crippen molar-refractivity contribution < 1.29 is 13.6 Å². The maximum Gasteiger partial charge on any atom is 0.183 e. The lowest BCUT2D eigenvalue weighted by Crippen LogP contribution is -2.14. The highest BCUT2D eigenvalue weighted by Gasteiger charge is 2.21. The van der Waals surface area contributed by atoms with Crippen LogP contribution in [-0.2, 0) is 0 Å². The second kappa shape index (κ2) is 4.65. The minimum absolute atomic E-state index is 0.283. The predicted octanol–water partition coefficient (Wildman–Crippen LogP) is 2.70. The molecule has 0 aliphatic rings. The Morgan fingerprint density at radius 2 is 2.20 bits per heavy atom. The van der Waals surface area contributed by atoms with Gasteiger partial charge in [-0.25, -0.2) is 8.78 Å². The number of hydrogen-bond acceptors (Lipinski definition) is 2. The van der Waals surface area contributed by atoms with Gasteiger partial charge in [0.1, 0.15) is 17.6 Å². The molecule has 0 saturated heterocycles. The zero-order valence-corrected chi connectivity index (χ0v) is 8.13.